The number of amides is 6. The Kier molecular flexibility index (Phi) is 16.1. The van der Waals surface area contributed by atoms with E-state index >= 15 is 0 Å². The van der Waals surface area contributed by atoms with E-state index in [9.17, 15) is 28.8 Å². The lowest BCUT2D eigenvalue weighted by atomic mass is 9.96. The second-order valence-electron chi connectivity index (χ2n) is 14.1. The molecule has 2 fully saturated rings. The van der Waals surface area contributed by atoms with Crippen LogP contribution in [-0.2, 0) is 38.1 Å². The van der Waals surface area contributed by atoms with Gasteiger partial charge < -0.3 is 33.9 Å². The normalized spacial score (nSPS) is 17.0. The van der Waals surface area contributed by atoms with Gasteiger partial charge in [0.05, 0.1) is 76.4 Å². The standard InChI is InChI=1S/C43H51N5O11/c49-36-15-14-34(41(52)45-36)48-42(53)33-12-7-13-35(39(33)43(48)54)59-30-37(50)44-17-23-56-25-27-58-29-28-57-26-24-55-22-16-38(51)46-18-20-47(21-19-46)40(31-8-3-1-4-9-31)32-10-5-2-6-11-32/h1-13,34,40H,14-30H2,(H,44,50)(H,45,49,52). The number of hydrogen-bond donors (Lipinski definition) is 2. The van der Waals surface area contributed by atoms with Crippen LogP contribution in [0.1, 0.15) is 57.1 Å². The molecule has 0 aromatic heterocycles. The van der Waals surface area contributed by atoms with Crippen LogP contribution in [0.3, 0.4) is 0 Å². The molecule has 0 radical (unpaired) electrons. The van der Waals surface area contributed by atoms with Gasteiger partial charge in [0.25, 0.3) is 17.7 Å². The largest absolute Gasteiger partial charge is 0.483 e. The maximum absolute atomic E-state index is 13.2. The van der Waals surface area contributed by atoms with Crippen LogP contribution in [0.5, 0.6) is 5.75 Å². The summed E-state index contributed by atoms with van der Waals surface area (Å²) >= 11 is 0. The second kappa shape index (κ2) is 22.0. The predicted molar refractivity (Wildman–Crippen MR) is 212 cm³/mol. The number of hydrogen-bond acceptors (Lipinski definition) is 12. The lowest BCUT2D eigenvalue weighted by Crippen LogP contribution is -2.54. The zero-order valence-electron chi connectivity index (χ0n) is 33.0. The van der Waals surface area contributed by atoms with Crippen molar-refractivity contribution in [2.45, 2.75) is 31.3 Å². The number of piperazine rings is 1. The molecule has 3 aliphatic heterocycles. The van der Waals surface area contributed by atoms with Gasteiger partial charge in [0.2, 0.25) is 17.7 Å². The minimum absolute atomic E-state index is 0.00948. The molecule has 0 bridgehead atoms. The summed E-state index contributed by atoms with van der Waals surface area (Å²) in [6.45, 7) is 5.51. The molecule has 16 nitrogen and oxygen atoms in total. The molecule has 3 aromatic rings. The number of benzene rings is 3. The first-order chi connectivity index (χ1) is 28.8. The Morgan fingerprint density at radius 1 is 0.695 bits per heavy atom. The molecular weight excluding hydrogens is 762 g/mol. The zero-order chi connectivity index (χ0) is 41.4. The molecule has 1 unspecified atom stereocenters. The lowest BCUT2D eigenvalue weighted by molar-refractivity contribution is -0.136. The summed E-state index contributed by atoms with van der Waals surface area (Å²) in [7, 11) is 0. The first-order valence-electron chi connectivity index (χ1n) is 20.0. The summed E-state index contributed by atoms with van der Waals surface area (Å²) in [4.78, 5) is 80.4. The average molecular weight is 814 g/mol. The molecule has 6 amide bonds. The Morgan fingerprint density at radius 2 is 1.29 bits per heavy atom. The number of imide groups is 2. The van der Waals surface area contributed by atoms with Crippen LogP contribution >= 0.6 is 0 Å². The van der Waals surface area contributed by atoms with Crippen LogP contribution in [0.2, 0.25) is 0 Å². The highest BCUT2D eigenvalue weighted by Crippen LogP contribution is 2.34. The highest BCUT2D eigenvalue weighted by atomic mass is 16.6. The van der Waals surface area contributed by atoms with Gasteiger partial charge in [-0.1, -0.05) is 66.7 Å². The van der Waals surface area contributed by atoms with Crippen LogP contribution in [-0.4, -0.2) is 148 Å². The molecule has 59 heavy (non-hydrogen) atoms. The van der Waals surface area contributed by atoms with Gasteiger partial charge in [0.1, 0.15) is 11.8 Å². The molecule has 2 N–H and O–H groups in total. The van der Waals surface area contributed by atoms with Gasteiger partial charge in [-0.15, -0.1) is 0 Å². The summed E-state index contributed by atoms with van der Waals surface area (Å²) in [6, 6.07) is 24.5. The van der Waals surface area contributed by atoms with Crippen LogP contribution in [0.15, 0.2) is 78.9 Å². The Hall–Kier alpha value is -5.52. The fourth-order valence-corrected chi connectivity index (χ4v) is 7.25. The van der Waals surface area contributed by atoms with E-state index in [0.717, 1.165) is 18.0 Å². The Morgan fingerprint density at radius 3 is 1.90 bits per heavy atom. The molecular formula is C43H51N5O11. The first kappa shape index (κ1) is 43.1. The van der Waals surface area contributed by atoms with Gasteiger partial charge in [0, 0.05) is 39.1 Å². The highest BCUT2D eigenvalue weighted by molar-refractivity contribution is 6.24. The predicted octanol–water partition coefficient (Wildman–Crippen LogP) is 1.97. The minimum atomic E-state index is -1.10. The van der Waals surface area contributed by atoms with Crippen molar-refractivity contribution in [3.05, 3.63) is 101 Å². The van der Waals surface area contributed by atoms with Gasteiger partial charge in [0.15, 0.2) is 6.61 Å². The third kappa shape index (κ3) is 11.8. The van der Waals surface area contributed by atoms with Crippen molar-refractivity contribution in [3.8, 4) is 5.75 Å². The lowest BCUT2D eigenvalue weighted by Gasteiger charge is -2.39. The maximum atomic E-state index is 13.2. The molecule has 0 aliphatic carbocycles. The van der Waals surface area contributed by atoms with E-state index < -0.39 is 42.2 Å². The number of piperidine rings is 1. The number of carbonyl (C=O) groups is 6. The fraction of sp³-hybridized carbons (Fsp3) is 0.442. The van der Waals surface area contributed by atoms with Crippen molar-refractivity contribution >= 4 is 35.4 Å². The van der Waals surface area contributed by atoms with Gasteiger partial charge in [-0.05, 0) is 29.7 Å². The number of nitrogens with one attached hydrogen (secondary N) is 2. The molecule has 16 heteroatoms. The average Bonchev–Trinajstić information content (AvgIpc) is 3.51. The highest BCUT2D eigenvalue weighted by Gasteiger charge is 2.46. The monoisotopic (exact) mass is 813 g/mol. The summed E-state index contributed by atoms with van der Waals surface area (Å²) < 4.78 is 27.8. The minimum Gasteiger partial charge on any atom is -0.483 e. The SMILES string of the molecule is O=C(COc1cccc2c1C(=O)N(C1CCC(=O)NC1=O)C2=O)NCCOCCOCCOCCOCCC(=O)N1CCN(C(c2ccccc2)c2ccccc2)CC1. The van der Waals surface area contributed by atoms with E-state index in [1.165, 1.54) is 29.3 Å². The van der Waals surface area contributed by atoms with Gasteiger partial charge in [-0.2, -0.15) is 0 Å². The van der Waals surface area contributed by atoms with Crippen LogP contribution in [0.25, 0.3) is 0 Å². The Labute approximate surface area is 343 Å². The summed E-state index contributed by atoms with van der Waals surface area (Å²) in [5.74, 6) is -2.87. The van der Waals surface area contributed by atoms with Crippen LogP contribution < -0.4 is 15.4 Å². The third-order valence-electron chi connectivity index (χ3n) is 10.2. The number of carbonyl (C=O) groups excluding carboxylic acids is 6. The van der Waals surface area contributed by atoms with Crippen LogP contribution in [0, 0.1) is 0 Å². The van der Waals surface area contributed by atoms with Crippen molar-refractivity contribution in [1.82, 2.24) is 25.3 Å². The van der Waals surface area contributed by atoms with E-state index in [1.807, 2.05) is 17.0 Å². The van der Waals surface area contributed by atoms with E-state index in [1.54, 1.807) is 0 Å². The molecule has 3 aliphatic rings. The quantitative estimate of drug-likeness (QED) is 0.111. The van der Waals surface area contributed by atoms with Gasteiger partial charge >= 0.3 is 0 Å². The van der Waals surface area contributed by atoms with Crippen molar-refractivity contribution in [2.75, 3.05) is 92.2 Å². The van der Waals surface area contributed by atoms with Crippen molar-refractivity contribution in [2.24, 2.45) is 0 Å². The molecule has 3 aromatic carbocycles. The maximum Gasteiger partial charge on any atom is 0.266 e. The molecule has 314 valence electrons. The molecule has 1 atom stereocenters. The Bertz CT molecular complexity index is 1870. The molecule has 0 saturated carbocycles. The number of nitrogens with zero attached hydrogens (tertiary/aromatic N) is 3. The van der Waals surface area contributed by atoms with Crippen LogP contribution in [0.4, 0.5) is 0 Å². The molecule has 0 spiro atoms. The zero-order valence-corrected chi connectivity index (χ0v) is 33.0. The summed E-state index contributed by atoms with van der Waals surface area (Å²) in [5.41, 5.74) is 2.53. The van der Waals surface area contributed by atoms with E-state index in [-0.39, 0.29) is 54.8 Å². The molecule has 3 heterocycles. The van der Waals surface area contributed by atoms with E-state index in [2.05, 4.69) is 64.1 Å². The fourth-order valence-electron chi connectivity index (χ4n) is 7.25. The third-order valence-corrected chi connectivity index (χ3v) is 10.2. The van der Waals surface area contributed by atoms with E-state index in [4.69, 9.17) is 23.7 Å². The first-order valence-corrected chi connectivity index (χ1v) is 20.0. The van der Waals surface area contributed by atoms with Crippen molar-refractivity contribution in [3.63, 3.8) is 0 Å². The second-order valence-corrected chi connectivity index (χ2v) is 14.1. The molecule has 6 rings (SSSR count). The molecule has 2 saturated heterocycles. The number of rotatable bonds is 22. The number of ether oxygens (including phenoxy) is 5. The van der Waals surface area contributed by atoms with Gasteiger partial charge in [-0.25, -0.2) is 0 Å². The smallest absolute Gasteiger partial charge is 0.266 e. The number of fused-ring (bicyclic) bond motifs is 1. The van der Waals surface area contributed by atoms with Crippen molar-refractivity contribution in [1.29, 1.82) is 0 Å². The van der Waals surface area contributed by atoms with Crippen molar-refractivity contribution < 1.29 is 52.5 Å². The summed E-state index contributed by atoms with van der Waals surface area (Å²) in [5, 5.41) is 4.81. The topological polar surface area (TPSA) is 182 Å². The Balaban J connectivity index is 0.745. The summed E-state index contributed by atoms with van der Waals surface area (Å²) in [6.07, 6.45) is 0.374. The van der Waals surface area contributed by atoms with Gasteiger partial charge in [-0.3, -0.25) is 43.9 Å². The van der Waals surface area contributed by atoms with E-state index in [0.29, 0.717) is 65.8 Å².